The van der Waals surface area contributed by atoms with Gasteiger partial charge in [0.15, 0.2) is 3.95 Å². The summed E-state index contributed by atoms with van der Waals surface area (Å²) in [4.78, 5) is 17.6. The fourth-order valence-corrected chi connectivity index (χ4v) is 3.73. The highest BCUT2D eigenvalue weighted by molar-refractivity contribution is 7.73. The van der Waals surface area contributed by atoms with Crippen molar-refractivity contribution in [2.75, 3.05) is 4.90 Å². The fraction of sp³-hybridized carbons (Fsp3) is 0.222. The van der Waals surface area contributed by atoms with Gasteiger partial charge in [-0.15, -0.1) is 11.3 Å². The van der Waals surface area contributed by atoms with Crippen molar-refractivity contribution in [1.29, 1.82) is 0 Å². The molecule has 2 aromatic carbocycles. The molecule has 0 saturated heterocycles. The average Bonchev–Trinajstić information content (AvgIpc) is 2.96. The molecule has 0 aliphatic heterocycles. The Morgan fingerprint density at radius 1 is 1.32 bits per heavy atom. The minimum Gasteiger partial charge on any atom is -0.410 e. The number of aromatic nitrogens is 1. The van der Waals surface area contributed by atoms with Crippen molar-refractivity contribution in [3.8, 4) is 5.75 Å². The highest BCUT2D eigenvalue weighted by Gasteiger charge is 2.23. The molecule has 1 aromatic heterocycles. The molecule has 7 heteroatoms. The Kier molecular flexibility index (Phi) is 5.42. The van der Waals surface area contributed by atoms with Gasteiger partial charge in [-0.1, -0.05) is 18.5 Å². The quantitative estimate of drug-likeness (QED) is 0.521. The summed E-state index contributed by atoms with van der Waals surface area (Å²) in [6.45, 7) is 4.03. The normalized spacial score (nSPS) is 12.1. The van der Waals surface area contributed by atoms with Crippen molar-refractivity contribution >= 4 is 57.2 Å². The van der Waals surface area contributed by atoms with Crippen LogP contribution in [-0.2, 0) is 0 Å². The van der Waals surface area contributed by atoms with Gasteiger partial charge in [-0.25, -0.2) is 4.79 Å². The molecule has 3 rings (SSSR count). The molecule has 1 heterocycles. The number of fused-ring (bicyclic) bond motifs is 1. The van der Waals surface area contributed by atoms with Crippen LogP contribution in [-0.4, -0.2) is 17.1 Å². The molecule has 1 N–H and O–H groups in total. The van der Waals surface area contributed by atoms with E-state index < -0.39 is 6.09 Å². The van der Waals surface area contributed by atoms with Crippen LogP contribution in [0.2, 0.25) is 5.02 Å². The number of hydrogen-bond donors (Lipinski definition) is 1. The van der Waals surface area contributed by atoms with Crippen LogP contribution >= 0.6 is 35.2 Å². The molecule has 25 heavy (non-hydrogen) atoms. The fourth-order valence-electron chi connectivity index (χ4n) is 2.46. The van der Waals surface area contributed by atoms with Crippen molar-refractivity contribution in [3.05, 3.63) is 51.4 Å². The maximum absolute atomic E-state index is 12.8. The Labute approximate surface area is 160 Å². The molecule has 0 bridgehead atoms. The zero-order chi connectivity index (χ0) is 18.0. The number of halogens is 1. The summed E-state index contributed by atoms with van der Waals surface area (Å²) in [5.74, 6) is 0.459. The van der Waals surface area contributed by atoms with Gasteiger partial charge >= 0.3 is 6.09 Å². The van der Waals surface area contributed by atoms with Gasteiger partial charge < -0.3 is 9.72 Å². The number of nitrogens with one attached hydrogen (secondary N) is 1. The van der Waals surface area contributed by atoms with E-state index in [1.54, 1.807) is 29.2 Å². The predicted octanol–water partition coefficient (Wildman–Crippen LogP) is 6.42. The molecular formula is C18H17ClN2O2S2. The van der Waals surface area contributed by atoms with Gasteiger partial charge in [-0.3, -0.25) is 4.90 Å². The number of H-pyrrole nitrogens is 1. The maximum Gasteiger partial charge on any atom is 0.420 e. The molecule has 1 atom stereocenters. The third kappa shape index (κ3) is 4.03. The summed E-state index contributed by atoms with van der Waals surface area (Å²) in [6.07, 6.45) is 0.381. The number of hydrogen-bond acceptors (Lipinski definition) is 4. The largest absolute Gasteiger partial charge is 0.420 e. The second kappa shape index (κ2) is 7.56. The molecule has 4 nitrogen and oxygen atoms in total. The second-order valence-corrected chi connectivity index (χ2v) is 7.80. The lowest BCUT2D eigenvalue weighted by atomic mass is 10.2. The van der Waals surface area contributed by atoms with E-state index in [1.807, 2.05) is 32.0 Å². The van der Waals surface area contributed by atoms with E-state index >= 15 is 0 Å². The number of carbonyl (C=O) groups excluding carboxylic acids is 1. The van der Waals surface area contributed by atoms with Crippen LogP contribution in [0.25, 0.3) is 10.2 Å². The minimum atomic E-state index is -0.421. The van der Waals surface area contributed by atoms with Crippen molar-refractivity contribution in [1.82, 2.24) is 4.98 Å². The zero-order valence-corrected chi connectivity index (χ0v) is 16.2. The topological polar surface area (TPSA) is 45.3 Å². The smallest absolute Gasteiger partial charge is 0.410 e. The number of anilines is 1. The lowest BCUT2D eigenvalue weighted by Crippen LogP contribution is -2.40. The van der Waals surface area contributed by atoms with Gasteiger partial charge in [0.2, 0.25) is 0 Å². The van der Waals surface area contributed by atoms with E-state index in [0.717, 1.165) is 22.3 Å². The first-order valence-electron chi connectivity index (χ1n) is 7.87. The summed E-state index contributed by atoms with van der Waals surface area (Å²) < 4.78 is 7.25. The van der Waals surface area contributed by atoms with Gasteiger partial charge in [0, 0.05) is 16.8 Å². The van der Waals surface area contributed by atoms with E-state index in [4.69, 9.17) is 28.6 Å². The average molecular weight is 393 g/mol. The molecule has 1 unspecified atom stereocenters. The summed E-state index contributed by atoms with van der Waals surface area (Å²) in [5, 5.41) is 0.595. The van der Waals surface area contributed by atoms with Crippen LogP contribution in [0.3, 0.4) is 0 Å². The lowest BCUT2D eigenvalue weighted by molar-refractivity contribution is 0.205. The van der Waals surface area contributed by atoms with Crippen molar-refractivity contribution in [2.24, 2.45) is 0 Å². The first kappa shape index (κ1) is 17.9. The van der Waals surface area contributed by atoms with Crippen LogP contribution in [0.4, 0.5) is 10.5 Å². The van der Waals surface area contributed by atoms with Crippen molar-refractivity contribution < 1.29 is 9.53 Å². The number of aromatic amines is 1. The zero-order valence-electron chi connectivity index (χ0n) is 13.8. The summed E-state index contributed by atoms with van der Waals surface area (Å²) in [6, 6.07) is 12.5. The molecule has 0 spiro atoms. The van der Waals surface area contributed by atoms with E-state index in [9.17, 15) is 4.79 Å². The number of thiazole rings is 1. The Hall–Kier alpha value is -1.89. The Bertz CT molecular complexity index is 950. The minimum absolute atomic E-state index is 0.0100. The van der Waals surface area contributed by atoms with Gasteiger partial charge in [-0.2, -0.15) is 0 Å². The van der Waals surface area contributed by atoms with Crippen LogP contribution in [0.15, 0.2) is 42.5 Å². The van der Waals surface area contributed by atoms with Crippen LogP contribution < -0.4 is 9.64 Å². The SMILES string of the molecule is CCC(C)N(C(=O)Oc1ccc(Cl)cc1)c1ccc2[nH]c(=S)sc2c1. The molecule has 3 aromatic rings. The first-order chi connectivity index (χ1) is 12.0. The standard InChI is InChI=1S/C18H17ClN2O2S2/c1-3-11(2)21(18(22)23-14-7-4-12(19)5-8-14)13-6-9-15-16(10-13)25-17(24)20-15/h4-11H,3H2,1-2H3,(H,20,24). The summed E-state index contributed by atoms with van der Waals surface area (Å²) >= 11 is 12.6. The number of nitrogens with zero attached hydrogens (tertiary/aromatic N) is 1. The van der Waals surface area contributed by atoms with Crippen LogP contribution in [0.5, 0.6) is 5.75 Å². The molecule has 130 valence electrons. The monoisotopic (exact) mass is 392 g/mol. The number of benzene rings is 2. The van der Waals surface area contributed by atoms with Gasteiger partial charge in [0.05, 0.1) is 10.2 Å². The number of carbonyl (C=O) groups is 1. The van der Waals surface area contributed by atoms with Gasteiger partial charge in [0.1, 0.15) is 5.75 Å². The number of rotatable bonds is 4. The summed E-state index contributed by atoms with van der Waals surface area (Å²) in [5.41, 5.74) is 1.75. The van der Waals surface area contributed by atoms with Crippen LogP contribution in [0, 0.1) is 3.95 Å². The third-order valence-corrected chi connectivity index (χ3v) is 5.38. The molecule has 0 radical (unpaired) electrons. The Balaban J connectivity index is 1.93. The van der Waals surface area contributed by atoms with Crippen molar-refractivity contribution in [3.63, 3.8) is 0 Å². The second-order valence-electron chi connectivity index (χ2n) is 5.64. The lowest BCUT2D eigenvalue weighted by Gasteiger charge is -2.27. The highest BCUT2D eigenvalue weighted by Crippen LogP contribution is 2.28. The predicted molar refractivity (Wildman–Crippen MR) is 107 cm³/mol. The number of ether oxygens (including phenoxy) is 1. The molecular weight excluding hydrogens is 376 g/mol. The van der Waals surface area contributed by atoms with E-state index in [2.05, 4.69) is 4.98 Å². The third-order valence-electron chi connectivity index (χ3n) is 3.93. The Morgan fingerprint density at radius 2 is 2.04 bits per heavy atom. The molecule has 0 saturated carbocycles. The molecule has 0 fully saturated rings. The van der Waals surface area contributed by atoms with Gasteiger partial charge in [-0.05, 0) is 68.0 Å². The van der Waals surface area contributed by atoms with E-state index in [1.165, 1.54) is 11.3 Å². The van der Waals surface area contributed by atoms with Gasteiger partial charge in [0.25, 0.3) is 0 Å². The molecule has 1 amide bonds. The molecule has 0 aliphatic carbocycles. The van der Waals surface area contributed by atoms with Crippen LogP contribution in [0.1, 0.15) is 20.3 Å². The maximum atomic E-state index is 12.8. The van der Waals surface area contributed by atoms with Crippen molar-refractivity contribution in [2.45, 2.75) is 26.3 Å². The number of amides is 1. The van der Waals surface area contributed by atoms with E-state index in [0.29, 0.717) is 14.7 Å². The molecule has 0 aliphatic rings. The Morgan fingerprint density at radius 3 is 2.72 bits per heavy atom. The first-order valence-corrected chi connectivity index (χ1v) is 9.47. The van der Waals surface area contributed by atoms with E-state index in [-0.39, 0.29) is 6.04 Å². The highest BCUT2D eigenvalue weighted by atomic mass is 35.5. The summed E-state index contributed by atoms with van der Waals surface area (Å²) in [7, 11) is 0.